The summed E-state index contributed by atoms with van der Waals surface area (Å²) in [5.41, 5.74) is 0.971. The van der Waals surface area contributed by atoms with Crippen molar-refractivity contribution in [2.24, 2.45) is 17.8 Å². The van der Waals surface area contributed by atoms with Crippen molar-refractivity contribution in [2.45, 2.75) is 38.0 Å². The second kappa shape index (κ2) is 7.17. The van der Waals surface area contributed by atoms with E-state index in [-0.39, 0.29) is 17.8 Å². The van der Waals surface area contributed by atoms with Gasteiger partial charge in [0.2, 0.25) is 0 Å². The zero-order valence-electron chi connectivity index (χ0n) is 17.7. The molecule has 0 radical (unpaired) electrons. The third-order valence-electron chi connectivity index (χ3n) is 7.26. The van der Waals surface area contributed by atoms with Crippen LogP contribution in [0.2, 0.25) is 0 Å². The maximum absolute atomic E-state index is 13.7. The summed E-state index contributed by atoms with van der Waals surface area (Å²) in [7, 11) is 0. The molecule has 5 atom stereocenters. The van der Waals surface area contributed by atoms with Crippen molar-refractivity contribution in [2.75, 3.05) is 0 Å². The minimum atomic E-state index is -4.38. The van der Waals surface area contributed by atoms with Crippen molar-refractivity contribution in [1.29, 1.82) is 0 Å². The van der Waals surface area contributed by atoms with Gasteiger partial charge < -0.3 is 9.72 Å². The van der Waals surface area contributed by atoms with Gasteiger partial charge in [-0.1, -0.05) is 6.92 Å². The maximum Gasteiger partial charge on any atom is 0.416 e. The monoisotopic (exact) mass is 455 g/mol. The topological polar surface area (TPSA) is 50.8 Å². The number of nitrogens with zero attached hydrogens (tertiary/aromatic N) is 2. The van der Waals surface area contributed by atoms with Crippen LogP contribution >= 0.6 is 0 Å². The van der Waals surface area contributed by atoms with Gasteiger partial charge in [-0.2, -0.15) is 13.2 Å². The quantitative estimate of drug-likeness (QED) is 0.359. The van der Waals surface area contributed by atoms with Crippen LogP contribution in [-0.2, 0) is 6.18 Å². The molecule has 1 unspecified atom stereocenters. The molecule has 8 heteroatoms. The number of nitrogens with one attached hydrogen (secondary N) is 1. The fourth-order valence-electron chi connectivity index (χ4n) is 5.66. The molecule has 6 rings (SSSR count). The minimum Gasteiger partial charge on any atom is -0.490 e. The average Bonchev–Trinajstić information content (AvgIpc) is 3.11. The van der Waals surface area contributed by atoms with Crippen molar-refractivity contribution in [3.05, 3.63) is 65.9 Å². The average molecular weight is 455 g/mol. The Labute approximate surface area is 187 Å². The number of fused-ring (bicyclic) bond motifs is 3. The molecule has 2 aliphatic carbocycles. The Morgan fingerprint density at radius 2 is 1.82 bits per heavy atom. The van der Waals surface area contributed by atoms with Crippen molar-refractivity contribution >= 4 is 21.9 Å². The number of pyridine rings is 1. The number of hydrogen-bond donors (Lipinski definition) is 1. The molecule has 0 saturated heterocycles. The van der Waals surface area contributed by atoms with Gasteiger partial charge in [-0.3, -0.25) is 4.98 Å². The number of H-pyrrole nitrogens is 1. The van der Waals surface area contributed by atoms with Crippen LogP contribution in [0.15, 0.2) is 48.7 Å². The molecule has 2 heterocycles. The highest BCUT2D eigenvalue weighted by Crippen LogP contribution is 2.63. The molecule has 170 valence electrons. The van der Waals surface area contributed by atoms with Crippen molar-refractivity contribution in [1.82, 2.24) is 15.0 Å². The molecule has 2 fully saturated rings. The lowest BCUT2D eigenvalue weighted by Gasteiger charge is -2.19. The molecule has 2 saturated carbocycles. The largest absolute Gasteiger partial charge is 0.490 e. The summed E-state index contributed by atoms with van der Waals surface area (Å²) in [6.07, 6.45) is -0.855. The normalized spacial score (nSPS) is 25.4. The van der Waals surface area contributed by atoms with Gasteiger partial charge in [0, 0.05) is 17.5 Å². The number of halogens is 4. The van der Waals surface area contributed by atoms with Gasteiger partial charge in [-0.15, -0.1) is 0 Å². The number of hydrogen-bond acceptors (Lipinski definition) is 3. The van der Waals surface area contributed by atoms with Crippen LogP contribution in [0.4, 0.5) is 17.6 Å². The van der Waals surface area contributed by atoms with E-state index in [0.29, 0.717) is 45.4 Å². The lowest BCUT2D eigenvalue weighted by Crippen LogP contribution is -2.17. The molecule has 1 N–H and O–H groups in total. The Bertz CT molecular complexity index is 1350. The van der Waals surface area contributed by atoms with E-state index in [1.807, 2.05) is 0 Å². The smallest absolute Gasteiger partial charge is 0.416 e. The highest BCUT2D eigenvalue weighted by Gasteiger charge is 2.59. The molecular formula is C25H21F4N3O. The molecule has 2 aliphatic rings. The van der Waals surface area contributed by atoms with E-state index in [2.05, 4.69) is 21.9 Å². The number of imidazole rings is 1. The SMILES string of the molecule is CC(c1nc2cc(C(F)(F)F)ccc2[nH]1)[C@H]1[C@@H]2C[C@@H](Oc3ccnc4ccc(F)cc34)C[C@@H]21. The lowest BCUT2D eigenvalue weighted by atomic mass is 9.97. The number of benzene rings is 2. The lowest BCUT2D eigenvalue weighted by molar-refractivity contribution is -0.137. The Hall–Kier alpha value is -3.16. The van der Waals surface area contributed by atoms with Crippen LogP contribution in [0.25, 0.3) is 21.9 Å². The van der Waals surface area contributed by atoms with Crippen molar-refractivity contribution in [3.63, 3.8) is 0 Å². The standard InChI is InChI=1S/C25H21F4N3O/c1-12(24-31-20-4-2-13(25(27,28)29)8-21(20)32-24)23-16-10-15(11-17(16)23)33-22-6-7-30-19-5-3-14(26)9-18(19)22/h2-9,12,15-17,23H,10-11H2,1H3,(H,31,32)/t12?,15-,16-,17+,23+. The van der Waals surface area contributed by atoms with E-state index >= 15 is 0 Å². The molecule has 0 aliphatic heterocycles. The number of aromatic nitrogens is 3. The molecule has 4 nitrogen and oxygen atoms in total. The van der Waals surface area contributed by atoms with E-state index in [9.17, 15) is 17.6 Å². The van der Waals surface area contributed by atoms with Crippen LogP contribution < -0.4 is 4.74 Å². The fourth-order valence-corrected chi connectivity index (χ4v) is 5.66. The first-order valence-corrected chi connectivity index (χ1v) is 11.1. The Morgan fingerprint density at radius 1 is 1.03 bits per heavy atom. The summed E-state index contributed by atoms with van der Waals surface area (Å²) >= 11 is 0. The predicted molar refractivity (Wildman–Crippen MR) is 115 cm³/mol. The van der Waals surface area contributed by atoms with Crippen molar-refractivity contribution in [3.8, 4) is 5.75 Å². The van der Waals surface area contributed by atoms with Gasteiger partial charge in [0.05, 0.1) is 28.2 Å². The third-order valence-corrected chi connectivity index (χ3v) is 7.26. The molecule has 2 aromatic carbocycles. The van der Waals surface area contributed by atoms with Crippen LogP contribution in [0.1, 0.15) is 37.1 Å². The van der Waals surface area contributed by atoms with E-state index in [0.717, 1.165) is 30.8 Å². The third kappa shape index (κ3) is 3.52. The summed E-state index contributed by atoms with van der Waals surface area (Å²) in [6.45, 7) is 2.08. The van der Waals surface area contributed by atoms with Gasteiger partial charge >= 0.3 is 6.18 Å². The first-order chi connectivity index (χ1) is 15.8. The van der Waals surface area contributed by atoms with E-state index < -0.39 is 11.7 Å². The zero-order valence-corrected chi connectivity index (χ0v) is 17.7. The number of rotatable bonds is 4. The molecular weight excluding hydrogens is 434 g/mol. The Kier molecular flexibility index (Phi) is 4.44. The van der Waals surface area contributed by atoms with Gasteiger partial charge in [-0.25, -0.2) is 9.37 Å². The molecule has 2 aromatic heterocycles. The molecule has 0 bridgehead atoms. The molecule has 4 aromatic rings. The van der Waals surface area contributed by atoms with Crippen LogP contribution in [0.3, 0.4) is 0 Å². The van der Waals surface area contributed by atoms with Gasteiger partial charge in [-0.05, 0) is 73.1 Å². The van der Waals surface area contributed by atoms with Crippen LogP contribution in [0.5, 0.6) is 5.75 Å². The molecule has 0 amide bonds. The second-order valence-electron chi connectivity index (χ2n) is 9.23. The first kappa shape index (κ1) is 20.4. The van der Waals surface area contributed by atoms with E-state index in [4.69, 9.17) is 4.74 Å². The highest BCUT2D eigenvalue weighted by molar-refractivity contribution is 5.84. The summed E-state index contributed by atoms with van der Waals surface area (Å²) in [5, 5.41) is 0.670. The summed E-state index contributed by atoms with van der Waals surface area (Å²) in [4.78, 5) is 12.0. The Balaban J connectivity index is 1.15. The van der Waals surface area contributed by atoms with Gasteiger partial charge in [0.1, 0.15) is 17.4 Å². The zero-order chi connectivity index (χ0) is 22.9. The van der Waals surface area contributed by atoms with Gasteiger partial charge in [0.25, 0.3) is 0 Å². The summed E-state index contributed by atoms with van der Waals surface area (Å²) in [6, 6.07) is 9.88. The molecule has 33 heavy (non-hydrogen) atoms. The fraction of sp³-hybridized carbons (Fsp3) is 0.360. The summed E-state index contributed by atoms with van der Waals surface area (Å²) in [5.74, 6) is 2.60. The first-order valence-electron chi connectivity index (χ1n) is 11.1. The molecule has 0 spiro atoms. The van der Waals surface area contributed by atoms with Crippen LogP contribution in [-0.4, -0.2) is 21.1 Å². The number of ether oxygens (including phenoxy) is 1. The second-order valence-corrected chi connectivity index (χ2v) is 9.23. The highest BCUT2D eigenvalue weighted by atomic mass is 19.4. The summed E-state index contributed by atoms with van der Waals surface area (Å²) < 4.78 is 59.0. The maximum atomic E-state index is 13.7. The number of alkyl halides is 3. The minimum absolute atomic E-state index is 0.0577. The predicted octanol–water partition coefficient (Wildman–Crippen LogP) is 6.48. The van der Waals surface area contributed by atoms with Crippen LogP contribution in [0, 0.1) is 23.6 Å². The van der Waals surface area contributed by atoms with Crippen molar-refractivity contribution < 1.29 is 22.3 Å². The Morgan fingerprint density at radius 3 is 2.58 bits per heavy atom. The van der Waals surface area contributed by atoms with Gasteiger partial charge in [0.15, 0.2) is 0 Å². The van der Waals surface area contributed by atoms with E-state index in [1.54, 1.807) is 18.3 Å². The van der Waals surface area contributed by atoms with E-state index in [1.165, 1.54) is 18.2 Å². The number of aromatic amines is 1.